The number of halogens is 1. The van der Waals surface area contributed by atoms with Gasteiger partial charge in [-0.15, -0.1) is 0 Å². The van der Waals surface area contributed by atoms with Crippen molar-refractivity contribution < 1.29 is 4.74 Å². The topological polar surface area (TPSA) is 12.5 Å². The van der Waals surface area contributed by atoms with Gasteiger partial charge in [-0.1, -0.05) is 34.1 Å². The Kier molecular flexibility index (Phi) is 4.91. The van der Waals surface area contributed by atoms with E-state index in [1.165, 1.54) is 42.5 Å². The highest BCUT2D eigenvalue weighted by Crippen LogP contribution is 2.41. The van der Waals surface area contributed by atoms with Crippen LogP contribution in [0.4, 0.5) is 0 Å². The Bertz CT molecular complexity index is 693. The van der Waals surface area contributed by atoms with E-state index in [2.05, 4.69) is 57.2 Å². The predicted molar refractivity (Wildman–Crippen MR) is 103 cm³/mol. The number of hydrogen-bond donors (Lipinski definition) is 0. The van der Waals surface area contributed by atoms with Crippen LogP contribution >= 0.6 is 15.9 Å². The number of allylic oxidation sites excluding steroid dienone is 4. The molecule has 3 aliphatic rings. The van der Waals surface area contributed by atoms with Gasteiger partial charge in [0, 0.05) is 23.3 Å². The first-order chi connectivity index (χ1) is 11.8. The molecular formula is C21H24BrNO. The molecule has 0 amide bonds. The van der Waals surface area contributed by atoms with Gasteiger partial charge in [0.15, 0.2) is 0 Å². The molecule has 24 heavy (non-hydrogen) atoms. The number of rotatable bonds is 3. The molecule has 1 aliphatic heterocycles. The maximum atomic E-state index is 5.58. The van der Waals surface area contributed by atoms with E-state index in [-0.39, 0.29) is 0 Å². The number of benzene rings is 1. The summed E-state index contributed by atoms with van der Waals surface area (Å²) in [7, 11) is 0. The molecule has 0 radical (unpaired) electrons. The van der Waals surface area contributed by atoms with E-state index in [9.17, 15) is 0 Å². The highest BCUT2D eigenvalue weighted by molar-refractivity contribution is 9.10. The van der Waals surface area contributed by atoms with Crippen LogP contribution < -0.4 is 0 Å². The van der Waals surface area contributed by atoms with Gasteiger partial charge >= 0.3 is 0 Å². The van der Waals surface area contributed by atoms with E-state index >= 15 is 0 Å². The molecule has 2 aliphatic carbocycles. The SMILES string of the molecule is Brc1ccc(/C=C2\CCC(C3=CCCC3)=C2N2CCOCC2)cc1. The van der Waals surface area contributed by atoms with Crippen molar-refractivity contribution >= 4 is 22.0 Å². The third-order valence-electron chi connectivity index (χ3n) is 5.20. The Hall–Kier alpha value is -1.32. The number of morpholine rings is 1. The maximum absolute atomic E-state index is 5.58. The molecule has 0 N–H and O–H groups in total. The van der Waals surface area contributed by atoms with Crippen molar-refractivity contribution in [3.8, 4) is 0 Å². The normalized spacial score (nSPS) is 23.3. The van der Waals surface area contributed by atoms with Gasteiger partial charge in [-0.05, 0) is 72.6 Å². The summed E-state index contributed by atoms with van der Waals surface area (Å²) in [5.41, 5.74) is 7.52. The van der Waals surface area contributed by atoms with Crippen molar-refractivity contribution in [1.29, 1.82) is 0 Å². The molecule has 2 nitrogen and oxygen atoms in total. The van der Waals surface area contributed by atoms with Gasteiger partial charge in [-0.2, -0.15) is 0 Å². The number of ether oxygens (including phenoxy) is 1. The maximum Gasteiger partial charge on any atom is 0.0642 e. The van der Waals surface area contributed by atoms with Gasteiger partial charge in [0.2, 0.25) is 0 Å². The Morgan fingerprint density at radius 3 is 2.50 bits per heavy atom. The second-order valence-corrected chi connectivity index (χ2v) is 7.68. The van der Waals surface area contributed by atoms with Gasteiger partial charge < -0.3 is 9.64 Å². The molecule has 1 aromatic carbocycles. The van der Waals surface area contributed by atoms with Crippen LogP contribution in [0.25, 0.3) is 6.08 Å². The van der Waals surface area contributed by atoms with Gasteiger partial charge in [0.25, 0.3) is 0 Å². The summed E-state index contributed by atoms with van der Waals surface area (Å²) in [6, 6.07) is 8.64. The zero-order chi connectivity index (χ0) is 16.4. The van der Waals surface area contributed by atoms with Crippen LogP contribution in [-0.2, 0) is 4.74 Å². The molecular weight excluding hydrogens is 362 g/mol. The zero-order valence-corrected chi connectivity index (χ0v) is 15.6. The Balaban J connectivity index is 1.71. The molecule has 0 saturated carbocycles. The summed E-state index contributed by atoms with van der Waals surface area (Å²) in [6.07, 6.45) is 11.0. The molecule has 1 aromatic rings. The molecule has 1 saturated heterocycles. The summed E-state index contributed by atoms with van der Waals surface area (Å²) >= 11 is 3.53. The third kappa shape index (κ3) is 3.38. The largest absolute Gasteiger partial charge is 0.378 e. The predicted octanol–water partition coefficient (Wildman–Crippen LogP) is 5.32. The van der Waals surface area contributed by atoms with Gasteiger partial charge in [-0.25, -0.2) is 0 Å². The fourth-order valence-electron chi connectivity index (χ4n) is 4.03. The first-order valence-electron chi connectivity index (χ1n) is 9.03. The standard InChI is InChI=1S/C21H24BrNO/c22-19-8-5-16(6-9-19)15-18-7-10-20(17-3-1-2-4-17)21(18)23-11-13-24-14-12-23/h3,5-6,8-9,15H,1-2,4,7,10-14H2/b18-15+. The highest BCUT2D eigenvalue weighted by Gasteiger charge is 2.28. The second kappa shape index (κ2) is 7.28. The monoisotopic (exact) mass is 385 g/mol. The van der Waals surface area contributed by atoms with Gasteiger partial charge in [0.05, 0.1) is 13.2 Å². The minimum absolute atomic E-state index is 0.849. The van der Waals surface area contributed by atoms with Crippen molar-refractivity contribution in [2.24, 2.45) is 0 Å². The molecule has 0 aromatic heterocycles. The lowest BCUT2D eigenvalue weighted by Gasteiger charge is -2.32. The van der Waals surface area contributed by atoms with Crippen molar-refractivity contribution in [3.63, 3.8) is 0 Å². The molecule has 1 fully saturated rings. The summed E-state index contributed by atoms with van der Waals surface area (Å²) < 4.78 is 6.72. The van der Waals surface area contributed by atoms with E-state index in [1.807, 2.05) is 0 Å². The average Bonchev–Trinajstić information content (AvgIpc) is 3.27. The summed E-state index contributed by atoms with van der Waals surface area (Å²) in [5, 5.41) is 0. The Morgan fingerprint density at radius 2 is 1.79 bits per heavy atom. The molecule has 0 atom stereocenters. The van der Waals surface area contributed by atoms with Crippen molar-refractivity contribution in [2.75, 3.05) is 26.3 Å². The van der Waals surface area contributed by atoms with E-state index in [1.54, 1.807) is 11.1 Å². The van der Waals surface area contributed by atoms with E-state index in [4.69, 9.17) is 4.74 Å². The Morgan fingerprint density at radius 1 is 1.00 bits per heavy atom. The van der Waals surface area contributed by atoms with Crippen LogP contribution in [-0.4, -0.2) is 31.2 Å². The zero-order valence-electron chi connectivity index (χ0n) is 14.1. The lowest BCUT2D eigenvalue weighted by atomic mass is 10.0. The Labute approximate surface area is 153 Å². The quantitative estimate of drug-likeness (QED) is 0.697. The average molecular weight is 386 g/mol. The summed E-state index contributed by atoms with van der Waals surface area (Å²) in [6.45, 7) is 3.73. The van der Waals surface area contributed by atoms with Crippen molar-refractivity contribution in [1.82, 2.24) is 4.90 Å². The fraction of sp³-hybridized carbons (Fsp3) is 0.429. The van der Waals surface area contributed by atoms with Crippen LogP contribution in [0, 0.1) is 0 Å². The van der Waals surface area contributed by atoms with Crippen LogP contribution in [0.1, 0.15) is 37.7 Å². The molecule has 126 valence electrons. The molecule has 0 bridgehead atoms. The number of hydrogen-bond acceptors (Lipinski definition) is 2. The van der Waals surface area contributed by atoms with Crippen LogP contribution in [0.2, 0.25) is 0 Å². The summed E-state index contributed by atoms with van der Waals surface area (Å²) in [4.78, 5) is 2.57. The van der Waals surface area contributed by atoms with Crippen LogP contribution in [0.5, 0.6) is 0 Å². The lowest BCUT2D eigenvalue weighted by Crippen LogP contribution is -2.36. The van der Waals surface area contributed by atoms with Crippen molar-refractivity contribution in [3.05, 3.63) is 62.8 Å². The lowest BCUT2D eigenvalue weighted by molar-refractivity contribution is 0.0547. The molecule has 4 rings (SSSR count). The first-order valence-corrected chi connectivity index (χ1v) is 9.82. The van der Waals surface area contributed by atoms with Gasteiger partial charge in [-0.3, -0.25) is 0 Å². The molecule has 0 unspecified atom stereocenters. The van der Waals surface area contributed by atoms with Crippen LogP contribution in [0.3, 0.4) is 0 Å². The van der Waals surface area contributed by atoms with E-state index in [0.29, 0.717) is 0 Å². The van der Waals surface area contributed by atoms with Gasteiger partial charge in [0.1, 0.15) is 0 Å². The van der Waals surface area contributed by atoms with Crippen LogP contribution in [0.15, 0.2) is 57.2 Å². The third-order valence-corrected chi connectivity index (χ3v) is 5.73. The molecule has 0 spiro atoms. The highest BCUT2D eigenvalue weighted by atomic mass is 79.9. The second-order valence-electron chi connectivity index (χ2n) is 6.77. The summed E-state index contributed by atoms with van der Waals surface area (Å²) in [5.74, 6) is 0. The van der Waals surface area contributed by atoms with E-state index in [0.717, 1.165) is 37.2 Å². The fourth-order valence-corrected chi connectivity index (χ4v) is 4.29. The van der Waals surface area contributed by atoms with E-state index < -0.39 is 0 Å². The number of nitrogens with zero attached hydrogens (tertiary/aromatic N) is 1. The van der Waals surface area contributed by atoms with Crippen molar-refractivity contribution in [2.45, 2.75) is 32.1 Å². The molecule has 1 heterocycles. The smallest absolute Gasteiger partial charge is 0.0642 e. The minimum atomic E-state index is 0.849. The molecule has 3 heteroatoms. The minimum Gasteiger partial charge on any atom is -0.378 e. The first kappa shape index (κ1) is 16.2.